The maximum absolute atomic E-state index is 11.6. The SMILES string of the molecule is Cc1cn(Cc2cccnc2N)c(=O)[nH]c1=O. The van der Waals surface area contributed by atoms with E-state index in [1.165, 1.54) is 10.8 Å². The molecule has 3 N–H and O–H groups in total. The van der Waals surface area contributed by atoms with Gasteiger partial charge >= 0.3 is 5.69 Å². The molecule has 2 rings (SSSR count). The summed E-state index contributed by atoms with van der Waals surface area (Å²) in [6.45, 7) is 1.93. The molecule has 0 bridgehead atoms. The Morgan fingerprint density at radius 1 is 1.47 bits per heavy atom. The highest BCUT2D eigenvalue weighted by Gasteiger charge is 2.04. The molecule has 0 aliphatic carbocycles. The van der Waals surface area contributed by atoms with Gasteiger partial charge in [0.05, 0.1) is 6.54 Å². The molecule has 0 radical (unpaired) electrons. The van der Waals surface area contributed by atoms with Crippen LogP contribution in [0.4, 0.5) is 5.82 Å². The first-order valence-electron chi connectivity index (χ1n) is 5.07. The van der Waals surface area contributed by atoms with Crippen LogP contribution < -0.4 is 17.0 Å². The number of aryl methyl sites for hydroxylation is 1. The van der Waals surface area contributed by atoms with Crippen LogP contribution in [0.5, 0.6) is 0 Å². The molecular formula is C11H12N4O2. The predicted octanol–water partition coefficient (Wildman–Crippen LogP) is -0.129. The minimum Gasteiger partial charge on any atom is -0.383 e. The first-order valence-corrected chi connectivity index (χ1v) is 5.07. The van der Waals surface area contributed by atoms with Crippen LogP contribution in [0.15, 0.2) is 34.1 Å². The number of rotatable bonds is 2. The summed E-state index contributed by atoms with van der Waals surface area (Å²) >= 11 is 0. The number of hydrogen-bond acceptors (Lipinski definition) is 4. The van der Waals surface area contributed by atoms with Gasteiger partial charge in [0.25, 0.3) is 5.56 Å². The van der Waals surface area contributed by atoms with E-state index in [1.54, 1.807) is 25.3 Å². The van der Waals surface area contributed by atoms with Crippen LogP contribution in [-0.4, -0.2) is 14.5 Å². The summed E-state index contributed by atoms with van der Waals surface area (Å²) in [5.41, 5.74) is 6.08. The highest BCUT2D eigenvalue weighted by atomic mass is 16.2. The molecule has 0 unspecified atom stereocenters. The van der Waals surface area contributed by atoms with Crippen molar-refractivity contribution in [2.24, 2.45) is 0 Å². The maximum atomic E-state index is 11.6. The number of nitrogens with zero attached hydrogens (tertiary/aromatic N) is 2. The molecular weight excluding hydrogens is 220 g/mol. The van der Waals surface area contributed by atoms with Gasteiger partial charge in [0.1, 0.15) is 5.82 Å². The van der Waals surface area contributed by atoms with Gasteiger partial charge in [-0.3, -0.25) is 14.3 Å². The minimum absolute atomic E-state index is 0.288. The highest BCUT2D eigenvalue weighted by molar-refractivity contribution is 5.38. The van der Waals surface area contributed by atoms with Crippen molar-refractivity contribution in [3.8, 4) is 0 Å². The fourth-order valence-electron chi connectivity index (χ4n) is 1.50. The van der Waals surface area contributed by atoms with Crippen molar-refractivity contribution in [1.29, 1.82) is 0 Å². The summed E-state index contributed by atoms with van der Waals surface area (Å²) in [5, 5.41) is 0. The number of aromatic amines is 1. The van der Waals surface area contributed by atoms with Crippen molar-refractivity contribution < 1.29 is 0 Å². The second-order valence-corrected chi connectivity index (χ2v) is 3.75. The summed E-state index contributed by atoms with van der Waals surface area (Å²) in [6, 6.07) is 3.53. The van der Waals surface area contributed by atoms with Gasteiger partial charge in [0.15, 0.2) is 0 Å². The number of aromatic nitrogens is 3. The van der Waals surface area contributed by atoms with Crippen molar-refractivity contribution in [1.82, 2.24) is 14.5 Å². The summed E-state index contributed by atoms with van der Waals surface area (Å²) in [5.74, 6) is 0.378. The number of H-pyrrole nitrogens is 1. The zero-order valence-corrected chi connectivity index (χ0v) is 9.30. The second kappa shape index (κ2) is 4.25. The van der Waals surface area contributed by atoms with Gasteiger partial charge in [-0.2, -0.15) is 0 Å². The standard InChI is InChI=1S/C11H12N4O2/c1-7-5-15(11(17)14-10(7)16)6-8-3-2-4-13-9(8)12/h2-5H,6H2,1H3,(H2,12,13)(H,14,16,17). The van der Waals surface area contributed by atoms with Crippen molar-refractivity contribution in [3.63, 3.8) is 0 Å². The van der Waals surface area contributed by atoms with Crippen LogP contribution in [0.25, 0.3) is 0 Å². The van der Waals surface area contributed by atoms with Crippen LogP contribution in [0.3, 0.4) is 0 Å². The molecule has 0 saturated heterocycles. The van der Waals surface area contributed by atoms with E-state index in [4.69, 9.17) is 5.73 Å². The van der Waals surface area contributed by atoms with Gasteiger partial charge in [-0.25, -0.2) is 9.78 Å². The fourth-order valence-corrected chi connectivity index (χ4v) is 1.50. The molecule has 0 aliphatic heterocycles. The normalized spacial score (nSPS) is 10.4. The van der Waals surface area contributed by atoms with E-state index in [-0.39, 0.29) is 12.1 Å². The number of nitrogen functional groups attached to an aromatic ring is 1. The number of nitrogens with two attached hydrogens (primary N) is 1. The molecule has 2 aromatic heterocycles. The van der Waals surface area contributed by atoms with Crippen LogP contribution in [0.1, 0.15) is 11.1 Å². The van der Waals surface area contributed by atoms with E-state index in [0.29, 0.717) is 11.4 Å². The first kappa shape index (κ1) is 11.1. The largest absolute Gasteiger partial charge is 0.383 e. The second-order valence-electron chi connectivity index (χ2n) is 3.75. The average molecular weight is 232 g/mol. The molecule has 6 nitrogen and oxygen atoms in total. The number of hydrogen-bond donors (Lipinski definition) is 2. The maximum Gasteiger partial charge on any atom is 0.328 e. The van der Waals surface area contributed by atoms with Crippen molar-refractivity contribution in [3.05, 3.63) is 56.5 Å². The molecule has 88 valence electrons. The Kier molecular flexibility index (Phi) is 2.78. The van der Waals surface area contributed by atoms with Gasteiger partial charge in [0, 0.05) is 23.5 Å². The predicted molar refractivity (Wildman–Crippen MR) is 63.8 cm³/mol. The molecule has 0 amide bonds. The molecule has 2 heterocycles. The van der Waals surface area contributed by atoms with E-state index >= 15 is 0 Å². The Bertz CT molecular complexity index is 657. The lowest BCUT2D eigenvalue weighted by Crippen LogP contribution is -2.31. The van der Waals surface area contributed by atoms with Gasteiger partial charge in [-0.05, 0) is 13.0 Å². The lowest BCUT2D eigenvalue weighted by molar-refractivity contribution is 0.713. The van der Waals surface area contributed by atoms with Crippen molar-refractivity contribution in [2.75, 3.05) is 5.73 Å². The van der Waals surface area contributed by atoms with Crippen molar-refractivity contribution in [2.45, 2.75) is 13.5 Å². The Labute approximate surface area is 96.8 Å². The topological polar surface area (TPSA) is 93.8 Å². The quantitative estimate of drug-likeness (QED) is 0.754. The Balaban J connectivity index is 2.44. The fraction of sp³-hybridized carbons (Fsp3) is 0.182. The van der Waals surface area contributed by atoms with Crippen LogP contribution in [0.2, 0.25) is 0 Å². The third-order valence-corrected chi connectivity index (χ3v) is 2.46. The Morgan fingerprint density at radius 3 is 2.94 bits per heavy atom. The van der Waals surface area contributed by atoms with Crippen molar-refractivity contribution >= 4 is 5.82 Å². The zero-order chi connectivity index (χ0) is 12.4. The number of anilines is 1. The lowest BCUT2D eigenvalue weighted by atomic mass is 10.2. The number of nitrogens with one attached hydrogen (secondary N) is 1. The smallest absolute Gasteiger partial charge is 0.328 e. The van der Waals surface area contributed by atoms with Gasteiger partial charge in [-0.15, -0.1) is 0 Å². The van der Waals surface area contributed by atoms with Gasteiger partial charge < -0.3 is 5.73 Å². The summed E-state index contributed by atoms with van der Waals surface area (Å²) in [6.07, 6.45) is 3.09. The molecule has 0 aromatic carbocycles. The van der Waals surface area contributed by atoms with E-state index in [9.17, 15) is 9.59 Å². The minimum atomic E-state index is -0.455. The molecule has 0 fully saturated rings. The van der Waals surface area contributed by atoms with Crippen LogP contribution >= 0.6 is 0 Å². The zero-order valence-electron chi connectivity index (χ0n) is 9.30. The summed E-state index contributed by atoms with van der Waals surface area (Å²) in [4.78, 5) is 28.9. The molecule has 2 aromatic rings. The summed E-state index contributed by atoms with van der Waals surface area (Å²) in [7, 11) is 0. The van der Waals surface area contributed by atoms with Gasteiger partial charge in [-0.1, -0.05) is 6.07 Å². The Hall–Kier alpha value is -2.37. The summed E-state index contributed by atoms with van der Waals surface area (Å²) < 4.78 is 1.39. The molecule has 0 saturated carbocycles. The van der Waals surface area contributed by atoms with Crippen LogP contribution in [0, 0.1) is 6.92 Å². The molecule has 0 spiro atoms. The average Bonchev–Trinajstić information content (AvgIpc) is 2.29. The van der Waals surface area contributed by atoms with E-state index in [1.807, 2.05) is 0 Å². The molecule has 6 heteroatoms. The third kappa shape index (κ3) is 2.25. The lowest BCUT2D eigenvalue weighted by Gasteiger charge is -2.07. The highest BCUT2D eigenvalue weighted by Crippen LogP contribution is 2.07. The van der Waals surface area contributed by atoms with Crippen LogP contribution in [-0.2, 0) is 6.54 Å². The molecule has 17 heavy (non-hydrogen) atoms. The Morgan fingerprint density at radius 2 is 2.24 bits per heavy atom. The van der Waals surface area contributed by atoms with E-state index in [0.717, 1.165) is 5.56 Å². The monoisotopic (exact) mass is 232 g/mol. The number of pyridine rings is 1. The van der Waals surface area contributed by atoms with Gasteiger partial charge in [0.2, 0.25) is 0 Å². The van der Waals surface area contributed by atoms with E-state index in [2.05, 4.69) is 9.97 Å². The molecule has 0 aliphatic rings. The molecule has 0 atom stereocenters. The van der Waals surface area contributed by atoms with E-state index < -0.39 is 5.69 Å². The first-order chi connectivity index (χ1) is 8.08. The third-order valence-electron chi connectivity index (χ3n) is 2.46.